The van der Waals surface area contributed by atoms with Gasteiger partial charge in [-0.3, -0.25) is 4.79 Å². The molecule has 148 valence electrons. The summed E-state index contributed by atoms with van der Waals surface area (Å²) in [5.74, 6) is -0.741. The van der Waals surface area contributed by atoms with E-state index < -0.39 is 26.0 Å². The summed E-state index contributed by atoms with van der Waals surface area (Å²) in [5, 5.41) is 18.1. The molecular weight excluding hydrogens is 387 g/mol. The van der Waals surface area contributed by atoms with Crippen molar-refractivity contribution in [1.29, 1.82) is 8.40 Å². The molecule has 1 aliphatic heterocycles. The van der Waals surface area contributed by atoms with Gasteiger partial charge in [0.2, 0.25) is 0 Å². The second-order valence-corrected chi connectivity index (χ2v) is 6.74. The van der Waals surface area contributed by atoms with Crippen LogP contribution in [0.3, 0.4) is 0 Å². The molecular formula is C18H19BO8S. The number of phenols is 4. The first-order valence-electron chi connectivity index (χ1n) is 10.9. The highest BCUT2D eigenvalue weighted by Gasteiger charge is 2.36. The van der Waals surface area contributed by atoms with E-state index in [0.29, 0.717) is 11.1 Å². The Morgan fingerprint density at radius 1 is 1.36 bits per heavy atom. The van der Waals surface area contributed by atoms with Gasteiger partial charge in [0, 0.05) is 54.3 Å². The van der Waals surface area contributed by atoms with Gasteiger partial charge in [-0.15, -0.1) is 0 Å². The number of aromatic hydroxyl groups is 4. The molecule has 0 fully saturated rings. The Morgan fingerprint density at radius 2 is 2.14 bits per heavy atom. The third kappa shape index (κ3) is 4.01. The van der Waals surface area contributed by atoms with Gasteiger partial charge in [-0.05, 0) is 14.8 Å². The van der Waals surface area contributed by atoms with Gasteiger partial charge in [-0.25, -0.2) is 0 Å². The lowest BCUT2D eigenvalue weighted by Crippen LogP contribution is -2.34. The van der Waals surface area contributed by atoms with Crippen molar-refractivity contribution in [2.24, 2.45) is 0 Å². The van der Waals surface area contributed by atoms with Crippen molar-refractivity contribution >= 4 is 25.8 Å². The van der Waals surface area contributed by atoms with E-state index in [9.17, 15) is 4.79 Å². The zero-order valence-electron chi connectivity index (χ0n) is 20.6. The zero-order valence-corrected chi connectivity index (χ0v) is 15.4. The Labute approximate surface area is 175 Å². The van der Waals surface area contributed by atoms with Crippen LogP contribution in [0.2, 0.25) is 0 Å². The van der Waals surface area contributed by atoms with E-state index in [-0.39, 0.29) is 46.6 Å². The van der Waals surface area contributed by atoms with E-state index in [1.54, 1.807) is 0 Å². The molecule has 2 aromatic rings. The van der Waals surface area contributed by atoms with E-state index in [1.165, 1.54) is 31.2 Å². The molecule has 0 amide bonds. The van der Waals surface area contributed by atoms with Crippen molar-refractivity contribution in [2.75, 3.05) is 5.65 Å². The van der Waals surface area contributed by atoms with Crippen LogP contribution in [0, 0.1) is 0 Å². The molecule has 0 spiro atoms. The Hall–Kier alpha value is -2.88. The van der Waals surface area contributed by atoms with Gasteiger partial charge in [0.15, 0.2) is 23.4 Å². The monoisotopic (exact) mass is 417 g/mol. The third-order valence-corrected chi connectivity index (χ3v) is 4.50. The van der Waals surface area contributed by atoms with Crippen molar-refractivity contribution in [2.45, 2.75) is 25.6 Å². The molecule has 3 rings (SSSR count). The zero-order chi connectivity index (χ0) is 24.8. The van der Waals surface area contributed by atoms with Crippen molar-refractivity contribution in [3.05, 3.63) is 35.4 Å². The minimum atomic E-state index is -1.09. The highest BCUT2D eigenvalue weighted by molar-refractivity contribution is 7.96. The summed E-state index contributed by atoms with van der Waals surface area (Å²) in [7, 11) is -1.09. The Bertz CT molecular complexity index is 1010. The van der Waals surface area contributed by atoms with Crippen molar-refractivity contribution in [3.8, 4) is 34.5 Å². The van der Waals surface area contributed by atoms with Gasteiger partial charge in [-0.2, -0.15) is 0 Å². The molecule has 2 aromatic carbocycles. The fourth-order valence-electron chi connectivity index (χ4n) is 2.93. The van der Waals surface area contributed by atoms with Gasteiger partial charge in [0.25, 0.3) is 5.72 Å². The van der Waals surface area contributed by atoms with Gasteiger partial charge >= 0.3 is 5.97 Å². The second-order valence-electron chi connectivity index (χ2n) is 6.00. The minimum absolute atomic E-state index is 0.0857. The lowest BCUT2D eigenvalue weighted by molar-refractivity contribution is -0.152. The molecule has 0 aromatic heterocycles. The van der Waals surface area contributed by atoms with Crippen LogP contribution in [0.5, 0.6) is 34.5 Å². The fourth-order valence-corrected chi connectivity index (χ4v) is 3.23. The van der Waals surface area contributed by atoms with Crippen molar-refractivity contribution in [1.82, 2.24) is 0 Å². The number of ether oxygens (including phenoxy) is 2. The molecule has 0 radical (unpaired) electrons. The largest absolute Gasteiger partial charge is 0.507 e. The standard InChI is InChI=1S/C18H19BO8S/c1-8(20)25-16-6-11-12(21)4-10(27-28-7-19)5-15(11)26-18(16)9-2-13(22)17(24)14(23)3-9/h2-5,16,18,21-24H,6-7,19H2,1H3/t16-,18+/m1/s1/i19TD/hT4. The molecule has 2 atom stereocenters. The number of carbonyl (C=O) groups excluding carboxylic acids is 1. The molecule has 4 N–H and O–H groups in total. The Balaban J connectivity index is 2.04. The number of benzene rings is 2. The fraction of sp³-hybridized carbons (Fsp3) is 0.278. The summed E-state index contributed by atoms with van der Waals surface area (Å²) in [6, 6.07) is 5.61. The lowest BCUT2D eigenvalue weighted by Gasteiger charge is -2.34. The van der Waals surface area contributed by atoms with Gasteiger partial charge in [-0.1, -0.05) is 0 Å². The van der Waals surface area contributed by atoms with Crippen LogP contribution in [0.25, 0.3) is 0 Å². The lowest BCUT2D eigenvalue weighted by atomic mass is 9.93. The van der Waals surface area contributed by atoms with Crippen LogP contribution in [0.15, 0.2) is 24.3 Å². The highest BCUT2D eigenvalue weighted by atomic mass is 32.2. The molecule has 1 aliphatic rings. The van der Waals surface area contributed by atoms with E-state index in [2.05, 4.69) is 15.3 Å². The summed E-state index contributed by atoms with van der Waals surface area (Å²) in [6.07, 6.45) is -1.77. The summed E-state index contributed by atoms with van der Waals surface area (Å²) in [6.45, 7) is 1.22. The molecule has 0 saturated heterocycles. The second kappa shape index (κ2) is 8.01. The van der Waals surface area contributed by atoms with Crippen LogP contribution in [0.4, 0.5) is 0 Å². The van der Waals surface area contributed by atoms with Gasteiger partial charge in [0.05, 0.1) is 0 Å². The number of rotatable bonds is 10. The predicted molar refractivity (Wildman–Crippen MR) is 104 cm³/mol. The number of carbonyl (C=O) groups is 1. The smallest absolute Gasteiger partial charge is 0.303 e. The predicted octanol–water partition coefficient (Wildman–Crippen LogP) is 1.73. The van der Waals surface area contributed by atoms with E-state index in [4.69, 9.17) is 27.2 Å². The molecule has 8 nitrogen and oxygen atoms in total. The maximum Gasteiger partial charge on any atom is 0.303 e. The van der Waals surface area contributed by atoms with Crippen LogP contribution in [-0.4, -0.2) is 54.3 Å². The average molecular weight is 417 g/mol. The van der Waals surface area contributed by atoms with Gasteiger partial charge in [0.1, 0.15) is 31.1 Å². The summed E-state index contributed by atoms with van der Waals surface area (Å²) in [4.78, 5) is 11.8. The molecule has 0 bridgehead atoms. The quantitative estimate of drug-likeness (QED) is 0.198. The number of esters is 1. The first-order chi connectivity index (χ1) is 16.3. The molecule has 10 heteroatoms. The first kappa shape index (κ1) is 13.3. The minimum Gasteiger partial charge on any atom is -0.507 e. The van der Waals surface area contributed by atoms with Crippen molar-refractivity contribution in [3.63, 3.8) is 0 Å². The maximum absolute atomic E-state index is 11.8. The topological polar surface area (TPSA) is 126 Å². The van der Waals surface area contributed by atoms with Crippen LogP contribution in [-0.2, 0) is 16.0 Å². The van der Waals surface area contributed by atoms with E-state index in [1.807, 2.05) is 0 Å². The number of hydrogen-bond donors (Lipinski definition) is 4. The molecule has 28 heavy (non-hydrogen) atoms. The van der Waals surface area contributed by atoms with Crippen LogP contribution < -0.4 is 8.92 Å². The van der Waals surface area contributed by atoms with Crippen LogP contribution in [0.1, 0.15) is 24.2 Å². The summed E-state index contributed by atoms with van der Waals surface area (Å²) in [5.41, 5.74) is 0.818. The summed E-state index contributed by atoms with van der Waals surface area (Å²) < 4.78 is 60.5. The summed E-state index contributed by atoms with van der Waals surface area (Å²) >= 11 is 0.881. The Morgan fingerprint density at radius 3 is 2.79 bits per heavy atom. The normalized spacial score (nSPS) is 20.3. The van der Waals surface area contributed by atoms with E-state index in [0.717, 1.165) is 12.0 Å². The Kier molecular flexibility index (Phi) is 3.81. The third-order valence-electron chi connectivity index (χ3n) is 4.05. The molecule has 1 heterocycles. The molecule has 0 aliphatic carbocycles. The highest BCUT2D eigenvalue weighted by Crippen LogP contribution is 2.45. The molecule has 0 saturated carbocycles. The average Bonchev–Trinajstić information content (AvgIpc) is 2.81. The maximum atomic E-state index is 11.8. The first-order valence-corrected chi connectivity index (χ1v) is 9.07. The SMILES string of the molecule is [2H]B([3H])CSOc1cc(O[3H])c2c(c1)O[C@@H](c1cc(O[3H])c(O[3H])c(O[3H])c1)[C@H](OC(C)=O)C2. The number of fused-ring (bicyclic) bond motifs is 1. The van der Waals surface area contributed by atoms with Crippen LogP contribution >= 0.6 is 12.0 Å². The van der Waals surface area contributed by atoms with E-state index >= 15 is 0 Å². The van der Waals surface area contributed by atoms with Gasteiger partial charge < -0.3 is 34.1 Å². The van der Waals surface area contributed by atoms with Crippen molar-refractivity contribution < 1.29 is 38.9 Å². The number of phenolic OH excluding ortho intramolecular Hbond substituents is 4. The number of hydrogen-bond acceptors (Lipinski definition) is 9. The molecule has 0 unspecified atom stereocenters.